The third-order valence-electron chi connectivity index (χ3n) is 2.86. The maximum atomic E-state index is 10.6. The molecule has 0 aromatic heterocycles. The second-order valence-corrected chi connectivity index (χ2v) is 4.03. The number of halogens is 3. The summed E-state index contributed by atoms with van der Waals surface area (Å²) in [7, 11) is 0. The molecular formula is C9H12F3NO4. The number of nitrogens with one attached hydrogen (secondary N) is 1. The van der Waals surface area contributed by atoms with Gasteiger partial charge in [0.2, 0.25) is 0 Å². The molecule has 0 aliphatic carbocycles. The zero-order valence-corrected chi connectivity index (χ0v) is 8.70. The Morgan fingerprint density at radius 1 is 1.18 bits per heavy atom. The van der Waals surface area contributed by atoms with Gasteiger partial charge in [-0.25, -0.2) is 4.79 Å². The number of rotatable bonds is 1. The minimum atomic E-state index is -5.08. The van der Waals surface area contributed by atoms with Crippen LogP contribution in [0.1, 0.15) is 19.3 Å². The van der Waals surface area contributed by atoms with E-state index in [2.05, 4.69) is 5.32 Å². The van der Waals surface area contributed by atoms with Crippen LogP contribution in [0.3, 0.4) is 0 Å². The van der Waals surface area contributed by atoms with Gasteiger partial charge in [0.05, 0.1) is 5.92 Å². The average molecular weight is 255 g/mol. The summed E-state index contributed by atoms with van der Waals surface area (Å²) in [5.74, 6) is -3.48. The Bertz CT molecular complexity index is 318. The van der Waals surface area contributed by atoms with Gasteiger partial charge in [0.15, 0.2) is 0 Å². The van der Waals surface area contributed by atoms with Crippen LogP contribution in [0.15, 0.2) is 0 Å². The van der Waals surface area contributed by atoms with E-state index in [1.54, 1.807) is 0 Å². The van der Waals surface area contributed by atoms with Crippen LogP contribution < -0.4 is 5.32 Å². The maximum absolute atomic E-state index is 10.6. The topological polar surface area (TPSA) is 86.6 Å². The molecule has 0 amide bonds. The number of hydrogen-bond donors (Lipinski definition) is 3. The first-order valence-electron chi connectivity index (χ1n) is 5.00. The SMILES string of the molecule is O=C(O)C(F)(F)F.O=C(O)[C@@H]1C[C@H]2CC[C@@H]1N2. The lowest BCUT2D eigenvalue weighted by atomic mass is 9.89. The van der Waals surface area contributed by atoms with Crippen LogP contribution in [0.4, 0.5) is 13.2 Å². The summed E-state index contributed by atoms with van der Waals surface area (Å²) in [6.45, 7) is 0. The third kappa shape index (κ3) is 3.58. The Hall–Kier alpha value is -1.31. The zero-order valence-electron chi connectivity index (χ0n) is 8.70. The number of aliphatic carboxylic acids is 2. The van der Waals surface area contributed by atoms with Crippen molar-refractivity contribution in [3.05, 3.63) is 0 Å². The number of carboxylic acids is 2. The lowest BCUT2D eigenvalue weighted by Crippen LogP contribution is -2.28. The molecule has 2 heterocycles. The van der Waals surface area contributed by atoms with E-state index in [0.29, 0.717) is 6.04 Å². The highest BCUT2D eigenvalue weighted by Gasteiger charge is 2.42. The lowest BCUT2D eigenvalue weighted by molar-refractivity contribution is -0.192. The van der Waals surface area contributed by atoms with E-state index in [1.807, 2.05) is 0 Å². The molecule has 5 nitrogen and oxygen atoms in total. The van der Waals surface area contributed by atoms with Crippen LogP contribution in [0.5, 0.6) is 0 Å². The number of alkyl halides is 3. The van der Waals surface area contributed by atoms with E-state index >= 15 is 0 Å². The predicted octanol–water partition coefficient (Wildman–Crippen LogP) is 0.845. The fourth-order valence-corrected chi connectivity index (χ4v) is 2.10. The molecule has 0 spiro atoms. The summed E-state index contributed by atoms with van der Waals surface area (Å²) in [4.78, 5) is 19.4. The largest absolute Gasteiger partial charge is 0.490 e. The molecule has 3 N–H and O–H groups in total. The quantitative estimate of drug-likeness (QED) is 0.646. The standard InChI is InChI=1S/C7H11NO2.C2HF3O2/c9-7(10)5-3-4-1-2-6(5)8-4;3-2(4,5)1(6)7/h4-6,8H,1-3H2,(H,9,10);(H,6,7)/t4-,5-,6+;/m1./s1. The summed E-state index contributed by atoms with van der Waals surface area (Å²) >= 11 is 0. The van der Waals surface area contributed by atoms with Crippen LogP contribution in [0.25, 0.3) is 0 Å². The highest BCUT2D eigenvalue weighted by Crippen LogP contribution is 2.32. The number of hydrogen-bond acceptors (Lipinski definition) is 3. The Balaban J connectivity index is 0.000000185. The average Bonchev–Trinajstić information content (AvgIpc) is 2.77. The van der Waals surface area contributed by atoms with Gasteiger partial charge in [-0.3, -0.25) is 4.79 Å². The van der Waals surface area contributed by atoms with Crippen molar-refractivity contribution in [2.75, 3.05) is 0 Å². The van der Waals surface area contributed by atoms with E-state index in [4.69, 9.17) is 15.0 Å². The number of carbonyl (C=O) groups is 2. The van der Waals surface area contributed by atoms with E-state index < -0.39 is 18.1 Å². The lowest BCUT2D eigenvalue weighted by Gasteiger charge is -2.14. The summed E-state index contributed by atoms with van der Waals surface area (Å²) in [6.07, 6.45) is -2.00. The first-order chi connectivity index (χ1) is 7.71. The fourth-order valence-electron chi connectivity index (χ4n) is 2.10. The molecule has 2 rings (SSSR count). The Labute approximate surface area is 94.6 Å². The smallest absolute Gasteiger partial charge is 0.481 e. The van der Waals surface area contributed by atoms with Gasteiger partial charge < -0.3 is 15.5 Å². The second-order valence-electron chi connectivity index (χ2n) is 4.03. The summed E-state index contributed by atoms with van der Waals surface area (Å²) in [5, 5.41) is 19.1. The van der Waals surface area contributed by atoms with E-state index in [-0.39, 0.29) is 12.0 Å². The van der Waals surface area contributed by atoms with Gasteiger partial charge in [-0.2, -0.15) is 13.2 Å². The van der Waals surface area contributed by atoms with Gasteiger partial charge in [0, 0.05) is 12.1 Å². The fraction of sp³-hybridized carbons (Fsp3) is 0.778. The highest BCUT2D eigenvalue weighted by atomic mass is 19.4. The van der Waals surface area contributed by atoms with Crippen molar-refractivity contribution in [2.24, 2.45) is 5.92 Å². The van der Waals surface area contributed by atoms with Crippen LogP contribution in [-0.4, -0.2) is 40.4 Å². The zero-order chi connectivity index (χ0) is 13.2. The van der Waals surface area contributed by atoms with Gasteiger partial charge in [0.1, 0.15) is 0 Å². The highest BCUT2D eigenvalue weighted by molar-refractivity contribution is 5.73. The number of fused-ring (bicyclic) bond motifs is 2. The molecule has 2 aliphatic rings. The van der Waals surface area contributed by atoms with Crippen molar-refractivity contribution in [2.45, 2.75) is 37.5 Å². The van der Waals surface area contributed by atoms with Crippen LogP contribution in [0.2, 0.25) is 0 Å². The molecular weight excluding hydrogens is 243 g/mol. The van der Waals surface area contributed by atoms with Crippen molar-refractivity contribution in [3.8, 4) is 0 Å². The van der Waals surface area contributed by atoms with Gasteiger partial charge >= 0.3 is 18.1 Å². The third-order valence-corrected chi connectivity index (χ3v) is 2.86. The molecule has 2 aliphatic heterocycles. The van der Waals surface area contributed by atoms with Crippen LogP contribution in [-0.2, 0) is 9.59 Å². The molecule has 0 saturated carbocycles. The van der Waals surface area contributed by atoms with Gasteiger partial charge in [-0.1, -0.05) is 0 Å². The second kappa shape index (κ2) is 4.91. The van der Waals surface area contributed by atoms with E-state index in [1.165, 1.54) is 6.42 Å². The van der Waals surface area contributed by atoms with Crippen molar-refractivity contribution < 1.29 is 33.0 Å². The van der Waals surface area contributed by atoms with Gasteiger partial charge in [-0.15, -0.1) is 0 Å². The summed E-state index contributed by atoms with van der Waals surface area (Å²) < 4.78 is 31.7. The molecule has 2 fully saturated rings. The molecule has 0 unspecified atom stereocenters. The summed E-state index contributed by atoms with van der Waals surface area (Å²) in [5.41, 5.74) is 0. The first kappa shape index (κ1) is 13.8. The minimum absolute atomic E-state index is 0.0984. The van der Waals surface area contributed by atoms with Gasteiger partial charge in [-0.05, 0) is 19.3 Å². The Morgan fingerprint density at radius 3 is 1.88 bits per heavy atom. The Morgan fingerprint density at radius 2 is 1.71 bits per heavy atom. The van der Waals surface area contributed by atoms with Crippen molar-refractivity contribution in [1.82, 2.24) is 5.32 Å². The normalized spacial score (nSPS) is 30.6. The van der Waals surface area contributed by atoms with Gasteiger partial charge in [0.25, 0.3) is 0 Å². The molecule has 2 bridgehead atoms. The van der Waals surface area contributed by atoms with Crippen molar-refractivity contribution in [3.63, 3.8) is 0 Å². The predicted molar refractivity (Wildman–Crippen MR) is 49.4 cm³/mol. The molecule has 98 valence electrons. The molecule has 0 aromatic rings. The number of carboxylic acid groups (broad SMARTS) is 2. The molecule has 0 radical (unpaired) electrons. The van der Waals surface area contributed by atoms with Crippen molar-refractivity contribution >= 4 is 11.9 Å². The molecule has 8 heteroatoms. The Kier molecular flexibility index (Phi) is 3.97. The molecule has 17 heavy (non-hydrogen) atoms. The van der Waals surface area contributed by atoms with Crippen LogP contribution in [0, 0.1) is 5.92 Å². The van der Waals surface area contributed by atoms with E-state index in [0.717, 1.165) is 12.8 Å². The molecule has 3 atom stereocenters. The minimum Gasteiger partial charge on any atom is -0.481 e. The first-order valence-corrected chi connectivity index (χ1v) is 5.00. The summed E-state index contributed by atoms with van der Waals surface area (Å²) in [6, 6.07) is 0.786. The molecule has 0 aromatic carbocycles. The molecule has 2 saturated heterocycles. The van der Waals surface area contributed by atoms with Crippen LogP contribution >= 0.6 is 0 Å². The monoisotopic (exact) mass is 255 g/mol. The van der Waals surface area contributed by atoms with E-state index in [9.17, 15) is 18.0 Å². The van der Waals surface area contributed by atoms with Crippen molar-refractivity contribution in [1.29, 1.82) is 0 Å². The maximum Gasteiger partial charge on any atom is 0.490 e.